The van der Waals surface area contributed by atoms with Crippen LogP contribution in [0.2, 0.25) is 19.1 Å². The molecule has 1 heterocycles. The maximum Gasteiger partial charge on any atom is 0.187 e. The van der Waals surface area contributed by atoms with Crippen LogP contribution < -0.4 is 5.32 Å². The lowest BCUT2D eigenvalue weighted by molar-refractivity contribution is 0.119. The van der Waals surface area contributed by atoms with Crippen LogP contribution in [0.25, 0.3) is 0 Å². The molecule has 1 aliphatic rings. The van der Waals surface area contributed by atoms with Crippen LogP contribution in [0.3, 0.4) is 0 Å². The van der Waals surface area contributed by atoms with Crippen LogP contribution in [0.1, 0.15) is 27.2 Å². The Kier molecular flexibility index (Phi) is 5.63. The fraction of sp³-hybridized carbons (Fsp3) is 1.00. The quantitative estimate of drug-likeness (QED) is 0.766. The summed E-state index contributed by atoms with van der Waals surface area (Å²) in [4.78, 5) is 2.57. The standard InChI is InChI=1S/C13H30N2OSi/c1-13(2,3)16-17(4,5)12-6-9-15-10-7-14-8-11-15/h14H,6-12H2,1-5H3. The Morgan fingerprint density at radius 2 is 1.76 bits per heavy atom. The molecule has 1 fully saturated rings. The molecule has 0 aromatic carbocycles. The number of nitrogens with one attached hydrogen (secondary N) is 1. The van der Waals surface area contributed by atoms with Crippen LogP contribution in [-0.4, -0.2) is 51.5 Å². The van der Waals surface area contributed by atoms with Gasteiger partial charge >= 0.3 is 0 Å². The van der Waals surface area contributed by atoms with Crippen molar-refractivity contribution in [2.75, 3.05) is 32.7 Å². The van der Waals surface area contributed by atoms with Gasteiger partial charge in [-0.1, -0.05) is 0 Å². The van der Waals surface area contributed by atoms with Crippen molar-refractivity contribution in [2.24, 2.45) is 0 Å². The number of hydrogen-bond donors (Lipinski definition) is 1. The Morgan fingerprint density at radius 1 is 1.18 bits per heavy atom. The van der Waals surface area contributed by atoms with Gasteiger partial charge in [-0.05, 0) is 52.9 Å². The summed E-state index contributed by atoms with van der Waals surface area (Å²) in [5, 5.41) is 3.39. The largest absolute Gasteiger partial charge is 0.413 e. The molecule has 0 aromatic heterocycles. The topological polar surface area (TPSA) is 24.5 Å². The Bertz CT molecular complexity index is 220. The van der Waals surface area contributed by atoms with Crippen molar-refractivity contribution in [3.05, 3.63) is 0 Å². The average Bonchev–Trinajstić information content (AvgIpc) is 2.15. The van der Waals surface area contributed by atoms with Crippen molar-refractivity contribution in [1.82, 2.24) is 10.2 Å². The fourth-order valence-electron chi connectivity index (χ4n) is 2.54. The first-order valence-electron chi connectivity index (χ1n) is 6.92. The van der Waals surface area contributed by atoms with Crippen LogP contribution in [-0.2, 0) is 4.43 Å². The number of nitrogens with zero attached hydrogens (tertiary/aromatic N) is 1. The van der Waals surface area contributed by atoms with E-state index >= 15 is 0 Å². The fourth-order valence-corrected chi connectivity index (χ4v) is 5.31. The molecule has 102 valence electrons. The van der Waals surface area contributed by atoms with Gasteiger partial charge in [0.1, 0.15) is 0 Å². The van der Waals surface area contributed by atoms with Gasteiger partial charge in [0.15, 0.2) is 8.32 Å². The van der Waals surface area contributed by atoms with E-state index < -0.39 is 8.32 Å². The molecule has 4 heteroatoms. The second-order valence-corrected chi connectivity index (χ2v) is 10.9. The summed E-state index contributed by atoms with van der Waals surface area (Å²) in [5.74, 6) is 0. The minimum absolute atomic E-state index is 0.0186. The second-order valence-electron chi connectivity index (χ2n) is 6.67. The molecule has 0 bridgehead atoms. The third-order valence-electron chi connectivity index (χ3n) is 3.05. The van der Waals surface area contributed by atoms with E-state index in [0.717, 1.165) is 13.1 Å². The van der Waals surface area contributed by atoms with Gasteiger partial charge in [0, 0.05) is 31.8 Å². The molecular weight excluding hydrogens is 228 g/mol. The van der Waals surface area contributed by atoms with Crippen LogP contribution in [0.15, 0.2) is 0 Å². The molecule has 0 atom stereocenters. The van der Waals surface area contributed by atoms with Crippen LogP contribution in [0.5, 0.6) is 0 Å². The van der Waals surface area contributed by atoms with Crippen LogP contribution in [0, 0.1) is 0 Å². The number of hydrogen-bond acceptors (Lipinski definition) is 3. The van der Waals surface area contributed by atoms with Crippen LogP contribution in [0.4, 0.5) is 0 Å². The summed E-state index contributed by atoms with van der Waals surface area (Å²) in [7, 11) is -1.47. The highest BCUT2D eigenvalue weighted by molar-refractivity contribution is 6.71. The van der Waals surface area contributed by atoms with E-state index in [-0.39, 0.29) is 5.60 Å². The van der Waals surface area contributed by atoms with Crippen molar-refractivity contribution >= 4 is 8.32 Å². The van der Waals surface area contributed by atoms with E-state index in [1.54, 1.807) is 0 Å². The minimum Gasteiger partial charge on any atom is -0.413 e. The van der Waals surface area contributed by atoms with E-state index in [2.05, 4.69) is 44.1 Å². The van der Waals surface area contributed by atoms with Gasteiger partial charge in [-0.2, -0.15) is 0 Å². The Balaban J connectivity index is 2.20. The van der Waals surface area contributed by atoms with Gasteiger partial charge in [-0.15, -0.1) is 0 Å². The summed E-state index contributed by atoms with van der Waals surface area (Å²) in [6.07, 6.45) is 1.29. The molecule has 1 N–H and O–H groups in total. The maximum atomic E-state index is 6.22. The van der Waals surface area contributed by atoms with Gasteiger partial charge in [0.25, 0.3) is 0 Å². The van der Waals surface area contributed by atoms with Gasteiger partial charge < -0.3 is 14.6 Å². The molecule has 0 aromatic rings. The van der Waals surface area contributed by atoms with Crippen LogP contribution >= 0.6 is 0 Å². The summed E-state index contributed by atoms with van der Waals surface area (Å²) in [6, 6.07) is 1.27. The van der Waals surface area contributed by atoms with E-state index in [1.807, 2.05) is 0 Å². The molecule has 1 aliphatic heterocycles. The molecule has 0 saturated carbocycles. The lowest BCUT2D eigenvalue weighted by atomic mass is 10.2. The molecule has 0 unspecified atom stereocenters. The third kappa shape index (κ3) is 7.19. The van der Waals surface area contributed by atoms with Gasteiger partial charge in [-0.25, -0.2) is 0 Å². The molecular formula is C13H30N2OSi. The zero-order valence-corrected chi connectivity index (χ0v) is 13.3. The smallest absolute Gasteiger partial charge is 0.187 e. The summed E-state index contributed by atoms with van der Waals surface area (Å²) in [6.45, 7) is 17.1. The predicted octanol–water partition coefficient (Wildman–Crippen LogP) is 2.30. The summed E-state index contributed by atoms with van der Waals surface area (Å²) < 4.78 is 6.22. The van der Waals surface area contributed by atoms with Crippen molar-refractivity contribution < 1.29 is 4.43 Å². The Hall–Kier alpha value is 0.0969. The molecule has 1 saturated heterocycles. The minimum atomic E-state index is -1.47. The normalized spacial score (nSPS) is 19.6. The highest BCUT2D eigenvalue weighted by Gasteiger charge is 2.28. The van der Waals surface area contributed by atoms with E-state index in [0.29, 0.717) is 0 Å². The average molecular weight is 258 g/mol. The Morgan fingerprint density at radius 3 is 2.29 bits per heavy atom. The van der Waals surface area contributed by atoms with Crippen molar-refractivity contribution in [3.63, 3.8) is 0 Å². The lowest BCUT2D eigenvalue weighted by Gasteiger charge is -2.33. The van der Waals surface area contributed by atoms with Crippen molar-refractivity contribution in [3.8, 4) is 0 Å². The number of piperazine rings is 1. The zero-order chi connectivity index (χ0) is 12.9. The van der Waals surface area contributed by atoms with Gasteiger partial charge in [0.05, 0.1) is 0 Å². The highest BCUT2D eigenvalue weighted by atomic mass is 28.4. The molecule has 0 radical (unpaired) electrons. The summed E-state index contributed by atoms with van der Waals surface area (Å²) in [5.41, 5.74) is 0.0186. The molecule has 17 heavy (non-hydrogen) atoms. The SMILES string of the molecule is CC(C)(C)O[Si](C)(C)CCCN1CCNCC1. The van der Waals surface area contributed by atoms with E-state index in [1.165, 1.54) is 32.1 Å². The third-order valence-corrected chi connectivity index (χ3v) is 5.77. The monoisotopic (exact) mass is 258 g/mol. The van der Waals surface area contributed by atoms with E-state index in [4.69, 9.17) is 4.43 Å². The van der Waals surface area contributed by atoms with Gasteiger partial charge in [-0.3, -0.25) is 0 Å². The van der Waals surface area contributed by atoms with Crippen molar-refractivity contribution in [2.45, 2.75) is 51.9 Å². The molecule has 1 rings (SSSR count). The summed E-state index contributed by atoms with van der Waals surface area (Å²) >= 11 is 0. The zero-order valence-electron chi connectivity index (χ0n) is 12.3. The van der Waals surface area contributed by atoms with Crippen molar-refractivity contribution in [1.29, 1.82) is 0 Å². The lowest BCUT2D eigenvalue weighted by Crippen LogP contribution is -2.44. The molecule has 0 amide bonds. The molecule has 3 nitrogen and oxygen atoms in total. The first kappa shape index (κ1) is 15.2. The second kappa shape index (κ2) is 6.32. The number of rotatable bonds is 5. The maximum absolute atomic E-state index is 6.22. The first-order valence-corrected chi connectivity index (χ1v) is 10.0. The van der Waals surface area contributed by atoms with Gasteiger partial charge in [0.2, 0.25) is 0 Å². The molecule has 0 spiro atoms. The molecule has 0 aliphatic carbocycles. The highest BCUT2D eigenvalue weighted by Crippen LogP contribution is 2.21. The predicted molar refractivity (Wildman–Crippen MR) is 77.1 cm³/mol. The van der Waals surface area contributed by atoms with E-state index in [9.17, 15) is 0 Å². The Labute approximate surface area is 108 Å². The first-order chi connectivity index (χ1) is 7.79.